The molecule has 1 aliphatic rings. The van der Waals surface area contributed by atoms with Crippen LogP contribution in [0.25, 0.3) is 22.1 Å². The number of aliphatic imine (C=N–C) groups is 1. The Balaban J connectivity index is 0.000000196. The summed E-state index contributed by atoms with van der Waals surface area (Å²) in [6, 6.07) is 3.92. The SMILES string of the molecule is CCOC(=O)c1[nH]c2ncnc(Cl)c2c1Br.CCOC(=O)c1[nH]c2ncnc(Nc3cc4c(cc3OC)CN=C4)c2c1Br. The number of hydrogen-bond donors (Lipinski definition) is 3. The van der Waals surface area contributed by atoms with Crippen LogP contribution in [0.1, 0.15) is 46.0 Å². The van der Waals surface area contributed by atoms with Gasteiger partial charge in [0.1, 0.15) is 52.1 Å². The molecule has 0 aliphatic carbocycles. The number of halogens is 3. The summed E-state index contributed by atoms with van der Waals surface area (Å²) in [5, 5.41) is 4.79. The Kier molecular flexibility index (Phi) is 9.22. The molecule has 5 heterocycles. The van der Waals surface area contributed by atoms with Crippen LogP contribution in [0.4, 0.5) is 11.5 Å². The predicted octanol–water partition coefficient (Wildman–Crippen LogP) is 6.13. The number of fused-ring (bicyclic) bond motifs is 3. The van der Waals surface area contributed by atoms with E-state index in [9.17, 15) is 9.59 Å². The lowest BCUT2D eigenvalue weighted by molar-refractivity contribution is 0.0510. The molecule has 1 aromatic carbocycles. The third kappa shape index (κ3) is 6.05. The molecule has 0 radical (unpaired) electrons. The van der Waals surface area contributed by atoms with Crippen LogP contribution in [-0.2, 0) is 16.0 Å². The molecular formula is C27H23Br2ClN8O5. The number of esters is 2. The first kappa shape index (κ1) is 30.4. The number of H-pyrrole nitrogens is 2. The second kappa shape index (κ2) is 13.1. The normalized spacial score (nSPS) is 11.7. The van der Waals surface area contributed by atoms with Crippen molar-refractivity contribution in [3.8, 4) is 5.75 Å². The van der Waals surface area contributed by atoms with E-state index < -0.39 is 11.9 Å². The maximum Gasteiger partial charge on any atom is 0.355 e. The van der Waals surface area contributed by atoms with Crippen molar-refractivity contribution in [1.82, 2.24) is 29.9 Å². The topological polar surface area (TPSA) is 169 Å². The van der Waals surface area contributed by atoms with E-state index in [4.69, 9.17) is 25.8 Å². The zero-order chi connectivity index (χ0) is 30.7. The number of aromatic nitrogens is 6. The number of benzene rings is 1. The van der Waals surface area contributed by atoms with Crippen molar-refractivity contribution in [2.45, 2.75) is 20.4 Å². The lowest BCUT2D eigenvalue weighted by Gasteiger charge is -2.13. The van der Waals surface area contributed by atoms with Gasteiger partial charge in [0.05, 0.1) is 52.3 Å². The molecule has 222 valence electrons. The van der Waals surface area contributed by atoms with Crippen LogP contribution in [0.2, 0.25) is 5.15 Å². The number of nitrogens with one attached hydrogen (secondary N) is 3. The van der Waals surface area contributed by atoms with Crippen LogP contribution in [0.5, 0.6) is 5.75 Å². The van der Waals surface area contributed by atoms with Gasteiger partial charge < -0.3 is 29.5 Å². The Morgan fingerprint density at radius 1 is 0.930 bits per heavy atom. The molecule has 0 fully saturated rings. The Morgan fingerprint density at radius 3 is 2.14 bits per heavy atom. The highest BCUT2D eigenvalue weighted by Crippen LogP contribution is 2.37. The molecule has 0 unspecified atom stereocenters. The van der Waals surface area contributed by atoms with Gasteiger partial charge in [-0.3, -0.25) is 4.99 Å². The van der Waals surface area contributed by atoms with Crippen LogP contribution < -0.4 is 10.1 Å². The largest absolute Gasteiger partial charge is 0.495 e. The molecule has 16 heteroatoms. The van der Waals surface area contributed by atoms with Crippen molar-refractivity contribution in [2.24, 2.45) is 4.99 Å². The first-order chi connectivity index (χ1) is 20.8. The van der Waals surface area contributed by atoms with Crippen LogP contribution in [-0.4, -0.2) is 68.4 Å². The van der Waals surface area contributed by atoms with Crippen molar-refractivity contribution in [3.63, 3.8) is 0 Å². The number of rotatable bonds is 7. The first-order valence-electron chi connectivity index (χ1n) is 12.8. The van der Waals surface area contributed by atoms with E-state index in [1.165, 1.54) is 12.7 Å². The van der Waals surface area contributed by atoms with Crippen LogP contribution in [0, 0.1) is 0 Å². The number of anilines is 2. The third-order valence-electron chi connectivity index (χ3n) is 6.18. The second-order valence-electron chi connectivity index (χ2n) is 8.75. The third-order valence-corrected chi connectivity index (χ3v) is 8.05. The number of carbonyl (C=O) groups excluding carboxylic acids is 2. The molecule has 0 spiro atoms. The van der Waals surface area contributed by atoms with Gasteiger partial charge in [-0.15, -0.1) is 0 Å². The van der Waals surface area contributed by atoms with Gasteiger partial charge in [-0.1, -0.05) is 11.6 Å². The highest BCUT2D eigenvalue weighted by Gasteiger charge is 2.22. The number of hydrogen-bond acceptors (Lipinski definition) is 11. The predicted molar refractivity (Wildman–Crippen MR) is 168 cm³/mol. The molecule has 0 amide bonds. The zero-order valence-corrected chi connectivity index (χ0v) is 26.8. The highest BCUT2D eigenvalue weighted by atomic mass is 79.9. The van der Waals surface area contributed by atoms with Crippen molar-refractivity contribution < 1.29 is 23.8 Å². The summed E-state index contributed by atoms with van der Waals surface area (Å²) in [6.07, 6.45) is 4.58. The molecule has 4 aromatic heterocycles. The Labute approximate surface area is 266 Å². The van der Waals surface area contributed by atoms with E-state index in [2.05, 4.69) is 72.1 Å². The minimum atomic E-state index is -0.459. The second-order valence-corrected chi connectivity index (χ2v) is 10.7. The van der Waals surface area contributed by atoms with Crippen LogP contribution in [0.3, 0.4) is 0 Å². The van der Waals surface area contributed by atoms with Crippen molar-refractivity contribution in [2.75, 3.05) is 25.6 Å². The maximum absolute atomic E-state index is 12.1. The summed E-state index contributed by atoms with van der Waals surface area (Å²) >= 11 is 12.6. The number of nitrogens with zero attached hydrogens (tertiary/aromatic N) is 5. The fourth-order valence-corrected chi connectivity index (χ4v) is 5.87. The molecular weight excluding hydrogens is 712 g/mol. The Hall–Kier alpha value is -4.08. The van der Waals surface area contributed by atoms with E-state index in [-0.39, 0.29) is 11.8 Å². The van der Waals surface area contributed by atoms with E-state index in [1.807, 2.05) is 18.3 Å². The molecule has 13 nitrogen and oxygen atoms in total. The summed E-state index contributed by atoms with van der Waals surface area (Å²) in [7, 11) is 1.61. The summed E-state index contributed by atoms with van der Waals surface area (Å²) in [5.74, 6) is 0.304. The standard InChI is InChI=1S/C18H16BrN5O3.C9H7BrClN3O2/c1-3-27-18(25)15-14(19)13-16(21-8-22-17(13)24-15)23-11-4-9-6-20-7-10(9)5-12(11)26-2;1-2-16-9(15)6-5(10)4-7(11)12-3-13-8(4)14-6/h4-6,8H,3,7H2,1-2H3,(H2,21,22,23,24);3H,2H2,1H3,(H,12,13,14). The number of carbonyl (C=O) groups is 2. The number of methoxy groups -OCH3 is 1. The summed E-state index contributed by atoms with van der Waals surface area (Å²) in [6.45, 7) is 4.73. The summed E-state index contributed by atoms with van der Waals surface area (Å²) < 4.78 is 16.5. The minimum absolute atomic E-state index is 0.281. The van der Waals surface area contributed by atoms with Gasteiger partial charge in [0, 0.05) is 6.21 Å². The number of aromatic amines is 2. The van der Waals surface area contributed by atoms with Crippen molar-refractivity contribution in [1.29, 1.82) is 0 Å². The summed E-state index contributed by atoms with van der Waals surface area (Å²) in [5.41, 5.74) is 4.48. The lowest BCUT2D eigenvalue weighted by Crippen LogP contribution is -2.05. The smallest absolute Gasteiger partial charge is 0.355 e. The van der Waals surface area contributed by atoms with Gasteiger partial charge in [-0.05, 0) is 69.0 Å². The molecule has 0 saturated heterocycles. The van der Waals surface area contributed by atoms with E-state index in [0.29, 0.717) is 67.1 Å². The number of ether oxygens (including phenoxy) is 3. The molecule has 3 N–H and O–H groups in total. The highest BCUT2D eigenvalue weighted by molar-refractivity contribution is 9.11. The molecule has 1 aliphatic heterocycles. The van der Waals surface area contributed by atoms with Gasteiger partial charge >= 0.3 is 11.9 Å². The Bertz CT molecular complexity index is 1890. The van der Waals surface area contributed by atoms with Crippen LogP contribution >= 0.6 is 43.5 Å². The minimum Gasteiger partial charge on any atom is -0.495 e. The fraction of sp³-hybridized carbons (Fsp3) is 0.222. The van der Waals surface area contributed by atoms with E-state index in [1.54, 1.807) is 21.0 Å². The maximum atomic E-state index is 12.1. The van der Waals surface area contributed by atoms with E-state index >= 15 is 0 Å². The first-order valence-corrected chi connectivity index (χ1v) is 14.7. The van der Waals surface area contributed by atoms with Crippen LogP contribution in [0.15, 0.2) is 38.7 Å². The van der Waals surface area contributed by atoms with Crippen molar-refractivity contribution in [3.05, 3.63) is 61.4 Å². The van der Waals surface area contributed by atoms with Gasteiger partial charge in [0.15, 0.2) is 0 Å². The van der Waals surface area contributed by atoms with Gasteiger partial charge in [-0.2, -0.15) is 0 Å². The van der Waals surface area contributed by atoms with Gasteiger partial charge in [-0.25, -0.2) is 29.5 Å². The van der Waals surface area contributed by atoms with Crippen molar-refractivity contribution >= 4 is 95.2 Å². The molecule has 43 heavy (non-hydrogen) atoms. The lowest BCUT2D eigenvalue weighted by atomic mass is 10.1. The molecule has 0 saturated carbocycles. The quantitative estimate of drug-likeness (QED) is 0.131. The molecule has 5 aromatic rings. The summed E-state index contributed by atoms with van der Waals surface area (Å²) in [4.78, 5) is 50.2. The average molecular weight is 735 g/mol. The monoisotopic (exact) mass is 732 g/mol. The fourth-order valence-electron chi connectivity index (χ4n) is 4.25. The molecule has 0 bridgehead atoms. The molecule has 0 atom stereocenters. The zero-order valence-electron chi connectivity index (χ0n) is 22.9. The van der Waals surface area contributed by atoms with E-state index in [0.717, 1.165) is 16.8 Å². The molecule has 6 rings (SSSR count). The van der Waals surface area contributed by atoms with Gasteiger partial charge in [0.2, 0.25) is 0 Å². The van der Waals surface area contributed by atoms with Gasteiger partial charge in [0.25, 0.3) is 0 Å². The Morgan fingerprint density at radius 2 is 1.53 bits per heavy atom. The average Bonchev–Trinajstić information content (AvgIpc) is 3.69.